The molecule has 15 heavy (non-hydrogen) atoms. The zero-order valence-corrected chi connectivity index (χ0v) is 10.2. The van der Waals surface area contributed by atoms with E-state index < -0.39 is 5.60 Å². The number of halogens is 1. The minimum absolute atomic E-state index is 0.472. The van der Waals surface area contributed by atoms with Gasteiger partial charge in [-0.2, -0.15) is 5.10 Å². The van der Waals surface area contributed by atoms with E-state index in [1.165, 1.54) is 0 Å². The maximum Gasteiger partial charge on any atom is 0.117 e. The van der Waals surface area contributed by atoms with Crippen molar-refractivity contribution in [3.05, 3.63) is 16.9 Å². The van der Waals surface area contributed by atoms with Gasteiger partial charge in [0, 0.05) is 13.6 Å². The summed E-state index contributed by atoms with van der Waals surface area (Å²) in [4.78, 5) is 0. The Morgan fingerprint density at radius 2 is 2.33 bits per heavy atom. The summed E-state index contributed by atoms with van der Waals surface area (Å²) >= 11 is 5.97. The fourth-order valence-electron chi connectivity index (χ4n) is 1.61. The van der Waals surface area contributed by atoms with Gasteiger partial charge in [-0.1, -0.05) is 18.5 Å². The second kappa shape index (κ2) is 4.96. The zero-order valence-electron chi connectivity index (χ0n) is 9.42. The number of nitrogens with zero attached hydrogens (tertiary/aromatic N) is 2. The molecule has 0 saturated heterocycles. The molecule has 1 aromatic heterocycles. The molecule has 1 unspecified atom stereocenters. The Hall–Kier alpha value is -0.580. The van der Waals surface area contributed by atoms with E-state index in [-0.39, 0.29) is 0 Å². The third-order valence-electron chi connectivity index (χ3n) is 2.30. The summed E-state index contributed by atoms with van der Waals surface area (Å²) in [5, 5.41) is 17.9. The molecule has 1 atom stereocenters. The number of hydrogen-bond donors (Lipinski definition) is 2. The topological polar surface area (TPSA) is 50.1 Å². The molecule has 0 amide bonds. The van der Waals surface area contributed by atoms with Gasteiger partial charge < -0.3 is 10.4 Å². The fourth-order valence-corrected chi connectivity index (χ4v) is 1.98. The molecular weight excluding hydrogens is 214 g/mol. The third kappa shape index (κ3) is 2.93. The van der Waals surface area contributed by atoms with Crippen molar-refractivity contribution in [1.29, 1.82) is 0 Å². The fraction of sp³-hybridized carbons (Fsp3) is 0.700. The quantitative estimate of drug-likeness (QED) is 0.751. The molecule has 0 aliphatic carbocycles. The zero-order chi connectivity index (χ0) is 11.5. The van der Waals surface area contributed by atoms with Gasteiger partial charge in [-0.3, -0.25) is 4.68 Å². The van der Waals surface area contributed by atoms with Crippen molar-refractivity contribution in [3.63, 3.8) is 0 Å². The number of rotatable bonds is 5. The van der Waals surface area contributed by atoms with Crippen molar-refractivity contribution in [2.75, 3.05) is 13.1 Å². The maximum atomic E-state index is 10.3. The van der Waals surface area contributed by atoms with Crippen molar-refractivity contribution < 1.29 is 5.11 Å². The second-order valence-electron chi connectivity index (χ2n) is 3.92. The molecule has 0 saturated carbocycles. The van der Waals surface area contributed by atoms with Gasteiger partial charge in [0.05, 0.1) is 16.9 Å². The summed E-state index contributed by atoms with van der Waals surface area (Å²) in [5.74, 6) is 0. The molecule has 1 rings (SSSR count). The highest BCUT2D eigenvalue weighted by atomic mass is 35.5. The molecule has 0 aliphatic rings. The normalized spacial score (nSPS) is 15.3. The predicted molar refractivity (Wildman–Crippen MR) is 60.9 cm³/mol. The third-order valence-corrected chi connectivity index (χ3v) is 2.58. The van der Waals surface area contributed by atoms with Gasteiger partial charge in [-0.25, -0.2) is 0 Å². The van der Waals surface area contributed by atoms with Crippen LogP contribution in [0.25, 0.3) is 0 Å². The van der Waals surface area contributed by atoms with Gasteiger partial charge >= 0.3 is 0 Å². The summed E-state index contributed by atoms with van der Waals surface area (Å²) in [6, 6.07) is 0. The molecule has 0 radical (unpaired) electrons. The standard InChI is InChI=1S/C10H18ClN3O/c1-4-5-12-7-10(2,15)9-8(11)6-13-14(9)3/h6,12,15H,4-5,7H2,1-3H3. The van der Waals surface area contributed by atoms with Crippen LogP contribution in [0, 0.1) is 0 Å². The minimum atomic E-state index is -0.989. The molecule has 0 aromatic carbocycles. The van der Waals surface area contributed by atoms with Crippen LogP contribution in [0.2, 0.25) is 5.02 Å². The Morgan fingerprint density at radius 3 is 2.80 bits per heavy atom. The van der Waals surface area contributed by atoms with Gasteiger partial charge in [0.25, 0.3) is 0 Å². The molecule has 86 valence electrons. The molecular formula is C10H18ClN3O. The van der Waals surface area contributed by atoms with Crippen LogP contribution in [-0.2, 0) is 12.6 Å². The number of aryl methyl sites for hydroxylation is 1. The van der Waals surface area contributed by atoms with Crippen LogP contribution in [0.5, 0.6) is 0 Å². The van der Waals surface area contributed by atoms with Crippen LogP contribution in [0.4, 0.5) is 0 Å². The molecule has 4 nitrogen and oxygen atoms in total. The smallest absolute Gasteiger partial charge is 0.117 e. The van der Waals surface area contributed by atoms with Gasteiger partial charge in [-0.05, 0) is 19.9 Å². The van der Waals surface area contributed by atoms with E-state index in [1.807, 2.05) is 0 Å². The number of aromatic nitrogens is 2. The predicted octanol–water partition coefficient (Wildman–Crippen LogP) is 1.28. The SMILES string of the molecule is CCCNCC(C)(O)c1c(Cl)cnn1C. The van der Waals surface area contributed by atoms with Crippen LogP contribution >= 0.6 is 11.6 Å². The lowest BCUT2D eigenvalue weighted by Gasteiger charge is -2.24. The first kappa shape index (κ1) is 12.5. The van der Waals surface area contributed by atoms with E-state index in [0.29, 0.717) is 17.3 Å². The lowest BCUT2D eigenvalue weighted by Crippen LogP contribution is -2.37. The van der Waals surface area contributed by atoms with Crippen LogP contribution < -0.4 is 5.32 Å². The highest BCUT2D eigenvalue weighted by molar-refractivity contribution is 6.31. The van der Waals surface area contributed by atoms with Crippen LogP contribution in [0.1, 0.15) is 26.0 Å². The van der Waals surface area contributed by atoms with Gasteiger partial charge in [0.2, 0.25) is 0 Å². The van der Waals surface area contributed by atoms with Gasteiger partial charge in [0.15, 0.2) is 0 Å². The molecule has 0 spiro atoms. The number of nitrogens with one attached hydrogen (secondary N) is 1. The van der Waals surface area contributed by atoms with E-state index in [0.717, 1.165) is 13.0 Å². The molecule has 0 aliphatic heterocycles. The van der Waals surface area contributed by atoms with Crippen molar-refractivity contribution in [1.82, 2.24) is 15.1 Å². The van der Waals surface area contributed by atoms with Crippen molar-refractivity contribution in [2.45, 2.75) is 25.9 Å². The molecule has 0 bridgehead atoms. The van der Waals surface area contributed by atoms with Crippen LogP contribution in [-0.4, -0.2) is 28.0 Å². The first-order chi connectivity index (χ1) is 6.99. The average molecular weight is 232 g/mol. The first-order valence-corrected chi connectivity index (χ1v) is 5.48. The van der Waals surface area contributed by atoms with Crippen LogP contribution in [0.15, 0.2) is 6.20 Å². The second-order valence-corrected chi connectivity index (χ2v) is 4.32. The Balaban J connectivity index is 2.76. The van der Waals surface area contributed by atoms with E-state index in [1.54, 1.807) is 24.9 Å². The first-order valence-electron chi connectivity index (χ1n) is 5.10. The Morgan fingerprint density at radius 1 is 1.67 bits per heavy atom. The average Bonchev–Trinajstić information content (AvgIpc) is 2.46. The maximum absolute atomic E-state index is 10.3. The lowest BCUT2D eigenvalue weighted by atomic mass is 10.0. The molecule has 0 fully saturated rings. The van der Waals surface area contributed by atoms with Crippen molar-refractivity contribution >= 4 is 11.6 Å². The molecule has 5 heteroatoms. The largest absolute Gasteiger partial charge is 0.382 e. The molecule has 1 heterocycles. The minimum Gasteiger partial charge on any atom is -0.382 e. The summed E-state index contributed by atoms with van der Waals surface area (Å²) < 4.78 is 1.61. The van der Waals surface area contributed by atoms with Crippen LogP contribution in [0.3, 0.4) is 0 Å². The Labute approximate surface area is 95.2 Å². The highest BCUT2D eigenvalue weighted by Crippen LogP contribution is 2.26. The highest BCUT2D eigenvalue weighted by Gasteiger charge is 2.28. The lowest BCUT2D eigenvalue weighted by molar-refractivity contribution is 0.0489. The van der Waals surface area contributed by atoms with Gasteiger partial charge in [0.1, 0.15) is 5.60 Å². The molecule has 2 N–H and O–H groups in total. The van der Waals surface area contributed by atoms with E-state index in [9.17, 15) is 5.11 Å². The molecule has 1 aromatic rings. The van der Waals surface area contributed by atoms with E-state index >= 15 is 0 Å². The summed E-state index contributed by atoms with van der Waals surface area (Å²) in [6.07, 6.45) is 2.58. The number of hydrogen-bond acceptors (Lipinski definition) is 3. The summed E-state index contributed by atoms with van der Waals surface area (Å²) in [5.41, 5.74) is -0.343. The van der Waals surface area contributed by atoms with Crippen molar-refractivity contribution in [2.24, 2.45) is 7.05 Å². The van der Waals surface area contributed by atoms with Crippen molar-refractivity contribution in [3.8, 4) is 0 Å². The Kier molecular flexibility index (Phi) is 4.13. The van der Waals surface area contributed by atoms with Gasteiger partial charge in [-0.15, -0.1) is 0 Å². The summed E-state index contributed by atoms with van der Waals surface area (Å²) in [6.45, 7) is 5.17. The monoisotopic (exact) mass is 231 g/mol. The van der Waals surface area contributed by atoms with E-state index in [2.05, 4.69) is 17.3 Å². The Bertz CT molecular complexity index is 303. The summed E-state index contributed by atoms with van der Waals surface area (Å²) in [7, 11) is 1.77. The van der Waals surface area contributed by atoms with E-state index in [4.69, 9.17) is 11.6 Å². The number of aliphatic hydroxyl groups is 1.